The van der Waals surface area contributed by atoms with Crippen LogP contribution in [0.1, 0.15) is 5.56 Å². The van der Waals surface area contributed by atoms with E-state index in [9.17, 15) is 4.79 Å². The van der Waals surface area contributed by atoms with Gasteiger partial charge in [0.1, 0.15) is 17.3 Å². The number of nitrogens with zero attached hydrogens (tertiary/aromatic N) is 2. The quantitative estimate of drug-likeness (QED) is 0.814. The number of benzene rings is 1. The first-order valence-corrected chi connectivity index (χ1v) is 5.76. The maximum absolute atomic E-state index is 11.2. The molecule has 0 saturated heterocycles. The SMILES string of the molecule is O=C1Cc2cc(Nc3cc(Cl)ncn3)ccc2N1. The fourth-order valence-electron chi connectivity index (χ4n) is 1.86. The van der Waals surface area contributed by atoms with Gasteiger partial charge in [0.2, 0.25) is 5.91 Å². The number of hydrogen-bond acceptors (Lipinski definition) is 4. The van der Waals surface area contributed by atoms with Crippen molar-refractivity contribution in [3.05, 3.63) is 41.3 Å². The summed E-state index contributed by atoms with van der Waals surface area (Å²) in [6.45, 7) is 0. The van der Waals surface area contributed by atoms with Crippen LogP contribution in [0, 0.1) is 0 Å². The van der Waals surface area contributed by atoms with Crippen molar-refractivity contribution in [3.8, 4) is 0 Å². The molecular formula is C12H9ClN4O. The van der Waals surface area contributed by atoms with Gasteiger partial charge in [-0.15, -0.1) is 0 Å². The van der Waals surface area contributed by atoms with Crippen LogP contribution >= 0.6 is 11.6 Å². The molecule has 18 heavy (non-hydrogen) atoms. The third-order valence-corrected chi connectivity index (χ3v) is 2.84. The summed E-state index contributed by atoms with van der Waals surface area (Å²) >= 11 is 5.78. The highest BCUT2D eigenvalue weighted by molar-refractivity contribution is 6.29. The highest BCUT2D eigenvalue weighted by atomic mass is 35.5. The molecule has 0 atom stereocenters. The van der Waals surface area contributed by atoms with Gasteiger partial charge in [0, 0.05) is 17.4 Å². The van der Waals surface area contributed by atoms with Crippen LogP contribution in [0.4, 0.5) is 17.2 Å². The number of rotatable bonds is 2. The van der Waals surface area contributed by atoms with Crippen molar-refractivity contribution in [1.82, 2.24) is 9.97 Å². The van der Waals surface area contributed by atoms with Crippen LogP contribution in [0.15, 0.2) is 30.6 Å². The molecule has 0 bridgehead atoms. The minimum absolute atomic E-state index is 0.0206. The second-order valence-corrected chi connectivity index (χ2v) is 4.34. The van der Waals surface area contributed by atoms with E-state index >= 15 is 0 Å². The van der Waals surface area contributed by atoms with Crippen LogP contribution in [0.25, 0.3) is 0 Å². The Morgan fingerprint density at radius 3 is 3.00 bits per heavy atom. The molecule has 0 fully saturated rings. The van der Waals surface area contributed by atoms with Crippen LogP contribution < -0.4 is 10.6 Å². The number of amides is 1. The summed E-state index contributed by atoms with van der Waals surface area (Å²) in [7, 11) is 0. The predicted molar refractivity (Wildman–Crippen MR) is 69.1 cm³/mol. The van der Waals surface area contributed by atoms with Gasteiger partial charge in [-0.3, -0.25) is 4.79 Å². The Morgan fingerprint density at radius 2 is 2.17 bits per heavy atom. The Bertz CT molecular complexity index is 629. The van der Waals surface area contributed by atoms with Gasteiger partial charge in [-0.25, -0.2) is 9.97 Å². The van der Waals surface area contributed by atoms with Crippen LogP contribution in [-0.4, -0.2) is 15.9 Å². The number of anilines is 3. The van der Waals surface area contributed by atoms with E-state index in [0.717, 1.165) is 16.9 Å². The van der Waals surface area contributed by atoms with Crippen molar-refractivity contribution >= 4 is 34.7 Å². The summed E-state index contributed by atoms with van der Waals surface area (Å²) < 4.78 is 0. The summed E-state index contributed by atoms with van der Waals surface area (Å²) in [5, 5.41) is 6.28. The number of nitrogens with one attached hydrogen (secondary N) is 2. The van der Waals surface area contributed by atoms with Crippen molar-refractivity contribution in [2.45, 2.75) is 6.42 Å². The van der Waals surface area contributed by atoms with Gasteiger partial charge >= 0.3 is 0 Å². The van der Waals surface area contributed by atoms with Crippen molar-refractivity contribution in [2.24, 2.45) is 0 Å². The minimum atomic E-state index is 0.0206. The van der Waals surface area contributed by atoms with Gasteiger partial charge in [-0.05, 0) is 23.8 Å². The molecule has 0 unspecified atom stereocenters. The first kappa shape index (κ1) is 11.0. The maximum Gasteiger partial charge on any atom is 0.228 e. The predicted octanol–water partition coefficient (Wildman–Crippen LogP) is 2.37. The second kappa shape index (κ2) is 4.27. The lowest BCUT2D eigenvalue weighted by Crippen LogP contribution is -2.03. The van der Waals surface area contributed by atoms with Crippen molar-refractivity contribution in [3.63, 3.8) is 0 Å². The first-order valence-electron chi connectivity index (χ1n) is 5.38. The molecule has 2 aromatic rings. The molecule has 5 nitrogen and oxygen atoms in total. The summed E-state index contributed by atoms with van der Waals surface area (Å²) in [5.74, 6) is 0.638. The Labute approximate surface area is 108 Å². The zero-order chi connectivity index (χ0) is 12.5. The molecule has 2 heterocycles. The van der Waals surface area contributed by atoms with Gasteiger partial charge < -0.3 is 10.6 Å². The molecule has 1 amide bonds. The zero-order valence-corrected chi connectivity index (χ0v) is 10.0. The molecule has 3 rings (SSSR count). The number of halogens is 1. The van der Waals surface area contributed by atoms with E-state index in [-0.39, 0.29) is 5.91 Å². The molecule has 90 valence electrons. The van der Waals surface area contributed by atoms with E-state index in [1.807, 2.05) is 18.2 Å². The summed E-state index contributed by atoms with van der Waals surface area (Å²) in [4.78, 5) is 19.1. The van der Waals surface area contributed by atoms with Gasteiger partial charge in [-0.2, -0.15) is 0 Å². The molecule has 0 radical (unpaired) electrons. The van der Waals surface area contributed by atoms with E-state index in [1.165, 1.54) is 6.33 Å². The highest BCUT2D eigenvalue weighted by Crippen LogP contribution is 2.27. The average Bonchev–Trinajstić information content (AvgIpc) is 2.68. The molecule has 0 aliphatic carbocycles. The third-order valence-electron chi connectivity index (χ3n) is 2.64. The topological polar surface area (TPSA) is 66.9 Å². The summed E-state index contributed by atoms with van der Waals surface area (Å²) in [6.07, 6.45) is 1.80. The Kier molecular flexibility index (Phi) is 2.60. The van der Waals surface area contributed by atoms with E-state index in [0.29, 0.717) is 17.4 Å². The standard InChI is InChI=1S/C12H9ClN4O/c13-10-5-11(15-6-14-10)16-8-1-2-9-7(3-8)4-12(18)17-9/h1-3,5-6H,4H2,(H,17,18)(H,14,15,16). The third kappa shape index (κ3) is 2.12. The molecule has 6 heteroatoms. The normalized spacial score (nSPS) is 13.1. The number of aromatic nitrogens is 2. The van der Waals surface area contributed by atoms with Gasteiger partial charge in [0.15, 0.2) is 0 Å². The van der Waals surface area contributed by atoms with Crippen LogP contribution in [0.5, 0.6) is 0 Å². The van der Waals surface area contributed by atoms with Crippen molar-refractivity contribution < 1.29 is 4.79 Å². The van der Waals surface area contributed by atoms with E-state index in [1.54, 1.807) is 6.07 Å². The van der Waals surface area contributed by atoms with Crippen molar-refractivity contribution in [2.75, 3.05) is 10.6 Å². The van der Waals surface area contributed by atoms with E-state index in [4.69, 9.17) is 11.6 Å². The molecule has 1 aliphatic heterocycles. The average molecular weight is 261 g/mol. The van der Waals surface area contributed by atoms with Gasteiger partial charge in [0.25, 0.3) is 0 Å². The lowest BCUT2D eigenvalue weighted by atomic mass is 10.1. The van der Waals surface area contributed by atoms with Crippen LogP contribution in [0.2, 0.25) is 5.15 Å². The number of carbonyl (C=O) groups excluding carboxylic acids is 1. The Morgan fingerprint density at radius 1 is 1.28 bits per heavy atom. The minimum Gasteiger partial charge on any atom is -0.340 e. The molecule has 0 spiro atoms. The molecular weight excluding hydrogens is 252 g/mol. The number of carbonyl (C=O) groups is 1. The number of hydrogen-bond donors (Lipinski definition) is 2. The monoisotopic (exact) mass is 260 g/mol. The largest absolute Gasteiger partial charge is 0.340 e. The van der Waals surface area contributed by atoms with Crippen LogP contribution in [-0.2, 0) is 11.2 Å². The Hall–Kier alpha value is -2.14. The number of fused-ring (bicyclic) bond motifs is 1. The summed E-state index contributed by atoms with van der Waals surface area (Å²) in [6, 6.07) is 7.30. The molecule has 2 N–H and O–H groups in total. The molecule has 1 aromatic heterocycles. The fourth-order valence-corrected chi connectivity index (χ4v) is 2.00. The lowest BCUT2D eigenvalue weighted by Gasteiger charge is -2.07. The van der Waals surface area contributed by atoms with Gasteiger partial charge in [0.05, 0.1) is 6.42 Å². The Balaban J connectivity index is 1.86. The van der Waals surface area contributed by atoms with Crippen molar-refractivity contribution in [1.29, 1.82) is 0 Å². The fraction of sp³-hybridized carbons (Fsp3) is 0.0833. The summed E-state index contributed by atoms with van der Waals surface area (Å²) in [5.41, 5.74) is 2.71. The lowest BCUT2D eigenvalue weighted by molar-refractivity contribution is -0.115. The first-order chi connectivity index (χ1) is 8.70. The van der Waals surface area contributed by atoms with E-state index in [2.05, 4.69) is 20.6 Å². The van der Waals surface area contributed by atoms with E-state index < -0.39 is 0 Å². The smallest absolute Gasteiger partial charge is 0.228 e. The second-order valence-electron chi connectivity index (χ2n) is 3.95. The highest BCUT2D eigenvalue weighted by Gasteiger charge is 2.17. The molecule has 0 saturated carbocycles. The molecule has 1 aliphatic rings. The van der Waals surface area contributed by atoms with Crippen LogP contribution in [0.3, 0.4) is 0 Å². The molecule has 1 aromatic carbocycles. The zero-order valence-electron chi connectivity index (χ0n) is 9.27. The van der Waals surface area contributed by atoms with Gasteiger partial charge in [-0.1, -0.05) is 11.6 Å². The maximum atomic E-state index is 11.2.